The highest BCUT2D eigenvalue weighted by Crippen LogP contribution is 2.54. The molecule has 0 radical (unpaired) electrons. The highest BCUT2D eigenvalue weighted by Gasteiger charge is 2.47. The maximum absolute atomic E-state index is 12.1. The van der Waals surface area contributed by atoms with E-state index >= 15 is 0 Å². The fourth-order valence-corrected chi connectivity index (χ4v) is 4.02. The minimum atomic E-state index is -0.436. The van der Waals surface area contributed by atoms with Crippen molar-refractivity contribution >= 4 is 34.5 Å². The van der Waals surface area contributed by atoms with E-state index in [1.807, 2.05) is 47.2 Å². The van der Waals surface area contributed by atoms with Gasteiger partial charge in [-0.15, -0.1) is 0 Å². The van der Waals surface area contributed by atoms with Crippen molar-refractivity contribution in [1.29, 1.82) is 0 Å². The number of carbonyl (C=O) groups excluding carboxylic acids is 2. The van der Waals surface area contributed by atoms with Crippen molar-refractivity contribution in [2.24, 2.45) is 17.4 Å². The van der Waals surface area contributed by atoms with Crippen molar-refractivity contribution in [1.82, 2.24) is 4.57 Å². The van der Waals surface area contributed by atoms with E-state index in [2.05, 4.69) is 6.07 Å². The van der Waals surface area contributed by atoms with Crippen molar-refractivity contribution in [3.63, 3.8) is 0 Å². The Kier molecular flexibility index (Phi) is 2.58. The summed E-state index contributed by atoms with van der Waals surface area (Å²) < 4.78 is 2.04. The summed E-state index contributed by atoms with van der Waals surface area (Å²) in [5.74, 6) is -1.20. The molecule has 5 nitrogen and oxygen atoms in total. The Balaban J connectivity index is 1.92. The average molecular weight is 329 g/mol. The normalized spacial score (nSPS) is 20.6. The molecule has 1 saturated carbocycles. The van der Waals surface area contributed by atoms with Crippen LogP contribution in [0.15, 0.2) is 64.8 Å². The molecule has 3 aliphatic rings. The summed E-state index contributed by atoms with van der Waals surface area (Å²) >= 11 is 0. The molecule has 2 heterocycles. The molecule has 25 heavy (non-hydrogen) atoms. The number of nitrogens with zero attached hydrogens (tertiary/aromatic N) is 1. The van der Waals surface area contributed by atoms with Gasteiger partial charge in [0.25, 0.3) is 0 Å². The minimum Gasteiger partial charge on any atom is -0.369 e. The molecule has 1 aromatic carbocycles. The lowest BCUT2D eigenvalue weighted by Crippen LogP contribution is -2.18. The second-order valence-electron chi connectivity index (χ2n) is 6.53. The summed E-state index contributed by atoms with van der Waals surface area (Å²) in [6.45, 7) is 0. The molecule has 4 N–H and O–H groups in total. The molecular formula is C20H15N3O2. The molecular weight excluding hydrogens is 314 g/mol. The number of nitrogens with two attached hydrogens (primary N) is 2. The van der Waals surface area contributed by atoms with Gasteiger partial charge in [-0.3, -0.25) is 9.59 Å². The maximum atomic E-state index is 12.1. The van der Waals surface area contributed by atoms with E-state index in [1.165, 1.54) is 0 Å². The number of benzene rings is 1. The van der Waals surface area contributed by atoms with Gasteiger partial charge in [0.15, 0.2) is 0 Å². The highest BCUT2D eigenvalue weighted by atomic mass is 16.1. The van der Waals surface area contributed by atoms with E-state index in [1.54, 1.807) is 0 Å². The predicted molar refractivity (Wildman–Crippen MR) is 95.8 cm³/mol. The van der Waals surface area contributed by atoms with Crippen molar-refractivity contribution < 1.29 is 9.59 Å². The molecule has 1 fully saturated rings. The number of para-hydroxylation sites is 1. The van der Waals surface area contributed by atoms with Crippen LogP contribution in [0.1, 0.15) is 12.1 Å². The van der Waals surface area contributed by atoms with Crippen LogP contribution in [0, 0.1) is 5.92 Å². The van der Waals surface area contributed by atoms with Crippen LogP contribution in [-0.4, -0.2) is 16.4 Å². The number of carbonyl (C=O) groups is 2. The molecule has 5 rings (SSSR count). The third-order valence-electron chi connectivity index (χ3n) is 5.15. The second-order valence-corrected chi connectivity index (χ2v) is 6.53. The van der Waals surface area contributed by atoms with Crippen LogP contribution in [0.2, 0.25) is 0 Å². The van der Waals surface area contributed by atoms with Gasteiger partial charge >= 0.3 is 0 Å². The highest BCUT2D eigenvalue weighted by molar-refractivity contribution is 6.10. The van der Waals surface area contributed by atoms with E-state index in [-0.39, 0.29) is 5.91 Å². The Bertz CT molecular complexity index is 1130. The van der Waals surface area contributed by atoms with Gasteiger partial charge in [0, 0.05) is 22.7 Å². The maximum Gasteiger partial charge on any atom is 0.245 e. The summed E-state index contributed by atoms with van der Waals surface area (Å²) in [4.78, 5) is 23.9. The summed E-state index contributed by atoms with van der Waals surface area (Å²) in [6.07, 6.45) is 6.34. The van der Waals surface area contributed by atoms with Gasteiger partial charge in [0.05, 0.1) is 17.1 Å². The molecule has 2 aromatic rings. The van der Waals surface area contributed by atoms with Gasteiger partial charge in [0.1, 0.15) is 0 Å². The Morgan fingerprint density at radius 2 is 1.96 bits per heavy atom. The van der Waals surface area contributed by atoms with E-state index in [0.29, 0.717) is 12.0 Å². The zero-order chi connectivity index (χ0) is 17.3. The third-order valence-corrected chi connectivity index (χ3v) is 5.15. The van der Waals surface area contributed by atoms with Crippen LogP contribution in [0.25, 0.3) is 22.7 Å². The van der Waals surface area contributed by atoms with E-state index < -0.39 is 11.8 Å². The Labute approximate surface area is 143 Å². The fraction of sp³-hybridized carbons (Fsp3) is 0.100. The fourth-order valence-electron chi connectivity index (χ4n) is 4.02. The average Bonchev–Trinajstić information content (AvgIpc) is 3.23. The predicted octanol–water partition coefficient (Wildman–Crippen LogP) is 2.11. The minimum absolute atomic E-state index is 0.368. The monoisotopic (exact) mass is 329 g/mol. The second kappa shape index (κ2) is 4.60. The van der Waals surface area contributed by atoms with Gasteiger partial charge in [-0.25, -0.2) is 0 Å². The first-order chi connectivity index (χ1) is 12.1. The lowest BCUT2D eigenvalue weighted by molar-refractivity contribution is -0.118. The van der Waals surface area contributed by atoms with Crippen LogP contribution in [-0.2, 0) is 9.59 Å². The summed E-state index contributed by atoms with van der Waals surface area (Å²) in [7, 11) is 0. The van der Waals surface area contributed by atoms with Gasteiger partial charge in [-0.05, 0) is 35.3 Å². The number of fused-ring (bicyclic) bond motifs is 6. The van der Waals surface area contributed by atoms with Gasteiger partial charge in [-0.1, -0.05) is 30.4 Å². The molecule has 5 heteroatoms. The zero-order valence-corrected chi connectivity index (χ0v) is 13.3. The van der Waals surface area contributed by atoms with Crippen LogP contribution in [0.4, 0.5) is 0 Å². The number of rotatable bonds is 2. The smallest absolute Gasteiger partial charge is 0.245 e. The third kappa shape index (κ3) is 1.78. The molecule has 1 atom stereocenters. The Morgan fingerprint density at radius 1 is 1.16 bits per heavy atom. The lowest BCUT2D eigenvalue weighted by atomic mass is 9.88. The number of aromatic nitrogens is 1. The number of allylic oxidation sites excluding steroid dienone is 4. The molecule has 122 valence electrons. The summed E-state index contributed by atoms with van der Waals surface area (Å²) in [5, 5.41) is 1.07. The molecule has 2 amide bonds. The Morgan fingerprint density at radius 3 is 2.72 bits per heavy atom. The molecule has 1 aliphatic heterocycles. The molecule has 0 saturated heterocycles. The van der Waals surface area contributed by atoms with Crippen LogP contribution in [0.5, 0.6) is 0 Å². The summed E-state index contributed by atoms with van der Waals surface area (Å²) in [5.41, 5.74) is 17.3. The Hall–Kier alpha value is -3.34. The largest absolute Gasteiger partial charge is 0.369 e. The zero-order valence-electron chi connectivity index (χ0n) is 13.3. The SMILES string of the molecule is NC(=O)C1=C2C(=C3C(=Cn4c2cc2ccccc24)C3C(N)=O)C=CC1. The standard InChI is InChI=1S/C20H15N3O2/c21-19(24)12-6-3-5-11-16(12)15-8-10-4-1-2-7-14(10)23(15)9-13-17(11)18(13)20(22)25/h1-5,7-9,18H,6H2,(H2,21,24)(H2,22,25). The van der Waals surface area contributed by atoms with E-state index in [9.17, 15) is 9.59 Å². The number of amides is 2. The van der Waals surface area contributed by atoms with Crippen molar-refractivity contribution in [2.75, 3.05) is 0 Å². The van der Waals surface area contributed by atoms with Gasteiger partial charge in [-0.2, -0.15) is 0 Å². The molecule has 0 spiro atoms. The number of hydrogen-bond donors (Lipinski definition) is 2. The lowest BCUT2D eigenvalue weighted by Gasteiger charge is -2.18. The molecule has 1 unspecified atom stereocenters. The topological polar surface area (TPSA) is 91.1 Å². The van der Waals surface area contributed by atoms with E-state index in [0.717, 1.165) is 38.9 Å². The summed E-state index contributed by atoms with van der Waals surface area (Å²) in [6, 6.07) is 10.1. The van der Waals surface area contributed by atoms with Crippen LogP contribution in [0.3, 0.4) is 0 Å². The first kappa shape index (κ1) is 14.0. The van der Waals surface area contributed by atoms with Gasteiger partial charge in [0.2, 0.25) is 11.8 Å². The molecule has 0 bridgehead atoms. The number of primary amides is 2. The van der Waals surface area contributed by atoms with Crippen molar-refractivity contribution in [3.05, 3.63) is 70.5 Å². The quantitative estimate of drug-likeness (QED) is 0.883. The molecule has 2 aliphatic carbocycles. The van der Waals surface area contributed by atoms with E-state index in [4.69, 9.17) is 11.5 Å². The molecule has 1 aromatic heterocycles. The van der Waals surface area contributed by atoms with Crippen LogP contribution >= 0.6 is 0 Å². The van der Waals surface area contributed by atoms with Gasteiger partial charge < -0.3 is 16.0 Å². The van der Waals surface area contributed by atoms with Crippen molar-refractivity contribution in [3.8, 4) is 0 Å². The first-order valence-electron chi connectivity index (χ1n) is 8.13. The first-order valence-corrected chi connectivity index (χ1v) is 8.13. The number of hydrogen-bond acceptors (Lipinski definition) is 2. The van der Waals surface area contributed by atoms with Crippen molar-refractivity contribution in [2.45, 2.75) is 6.42 Å². The van der Waals surface area contributed by atoms with Crippen LogP contribution < -0.4 is 11.5 Å².